The molecule has 30 heavy (non-hydrogen) atoms. The highest BCUT2D eigenvalue weighted by Crippen LogP contribution is 2.26. The highest BCUT2D eigenvalue weighted by atomic mass is 79.9. The number of benzene rings is 3. The van der Waals surface area contributed by atoms with E-state index >= 15 is 0 Å². The molecule has 0 unspecified atom stereocenters. The van der Waals surface area contributed by atoms with Crippen molar-refractivity contribution in [3.63, 3.8) is 0 Å². The second-order valence-electron chi connectivity index (χ2n) is 7.58. The molecule has 0 spiro atoms. The fraction of sp³-hybridized carbons (Fsp3) is 0.250. The number of anilines is 1. The molecule has 1 fully saturated rings. The SMILES string of the molecule is O=C(NC(=S)Nc1ccc(CN2CCCCC2)cc1)c1cccc2c(Br)cccc12. The Bertz CT molecular complexity index is 1060. The second kappa shape index (κ2) is 9.69. The van der Waals surface area contributed by atoms with Gasteiger partial charge in [0.05, 0.1) is 0 Å². The van der Waals surface area contributed by atoms with Gasteiger partial charge in [-0.15, -0.1) is 0 Å². The maximum absolute atomic E-state index is 12.8. The van der Waals surface area contributed by atoms with Crippen molar-refractivity contribution >= 4 is 55.6 Å². The van der Waals surface area contributed by atoms with Crippen LogP contribution in [0.25, 0.3) is 10.8 Å². The molecule has 6 heteroatoms. The van der Waals surface area contributed by atoms with Crippen LogP contribution in [0.5, 0.6) is 0 Å². The maximum Gasteiger partial charge on any atom is 0.258 e. The highest BCUT2D eigenvalue weighted by Gasteiger charge is 2.13. The lowest BCUT2D eigenvalue weighted by Gasteiger charge is -2.26. The molecule has 0 atom stereocenters. The van der Waals surface area contributed by atoms with Crippen molar-refractivity contribution in [3.8, 4) is 0 Å². The predicted molar refractivity (Wildman–Crippen MR) is 131 cm³/mol. The van der Waals surface area contributed by atoms with Crippen molar-refractivity contribution in [2.24, 2.45) is 0 Å². The van der Waals surface area contributed by atoms with Gasteiger partial charge in [-0.3, -0.25) is 15.0 Å². The Labute approximate surface area is 190 Å². The van der Waals surface area contributed by atoms with Crippen molar-refractivity contribution in [2.75, 3.05) is 18.4 Å². The second-order valence-corrected chi connectivity index (χ2v) is 8.85. The largest absolute Gasteiger partial charge is 0.332 e. The predicted octanol–water partition coefficient (Wildman–Crippen LogP) is 5.72. The van der Waals surface area contributed by atoms with Gasteiger partial charge in [0.15, 0.2) is 5.11 Å². The van der Waals surface area contributed by atoms with Crippen LogP contribution in [0.1, 0.15) is 35.2 Å². The molecule has 4 rings (SSSR count). The van der Waals surface area contributed by atoms with E-state index in [0.717, 1.165) is 27.5 Å². The summed E-state index contributed by atoms with van der Waals surface area (Å²) in [6.45, 7) is 3.35. The molecule has 1 amide bonds. The average Bonchev–Trinajstić information content (AvgIpc) is 2.76. The van der Waals surface area contributed by atoms with Gasteiger partial charge in [0, 0.05) is 22.3 Å². The molecular weight excluding hydrogens is 458 g/mol. The van der Waals surface area contributed by atoms with Crippen molar-refractivity contribution in [1.82, 2.24) is 10.2 Å². The zero-order chi connectivity index (χ0) is 20.9. The van der Waals surface area contributed by atoms with Crippen LogP contribution in [0.3, 0.4) is 0 Å². The fourth-order valence-electron chi connectivity index (χ4n) is 3.87. The average molecular weight is 482 g/mol. The minimum atomic E-state index is -0.224. The minimum absolute atomic E-state index is 0.224. The van der Waals surface area contributed by atoms with Crippen LogP contribution in [-0.4, -0.2) is 29.0 Å². The van der Waals surface area contributed by atoms with Crippen LogP contribution in [0, 0.1) is 0 Å². The zero-order valence-corrected chi connectivity index (χ0v) is 19.1. The Balaban J connectivity index is 1.37. The first kappa shape index (κ1) is 21.0. The van der Waals surface area contributed by atoms with Crippen molar-refractivity contribution in [1.29, 1.82) is 0 Å². The van der Waals surface area contributed by atoms with Gasteiger partial charge in [-0.1, -0.05) is 58.7 Å². The molecular formula is C24H24BrN3OS. The number of hydrogen-bond donors (Lipinski definition) is 2. The van der Waals surface area contributed by atoms with Crippen LogP contribution in [-0.2, 0) is 6.54 Å². The molecule has 1 aliphatic rings. The molecule has 0 saturated carbocycles. The molecule has 0 aliphatic carbocycles. The highest BCUT2D eigenvalue weighted by molar-refractivity contribution is 9.10. The number of hydrogen-bond acceptors (Lipinski definition) is 3. The van der Waals surface area contributed by atoms with E-state index in [2.05, 4.69) is 43.6 Å². The summed E-state index contributed by atoms with van der Waals surface area (Å²) >= 11 is 8.90. The van der Waals surface area contributed by atoms with Crippen LogP contribution in [0.4, 0.5) is 5.69 Å². The van der Waals surface area contributed by atoms with Gasteiger partial charge < -0.3 is 5.32 Å². The van der Waals surface area contributed by atoms with E-state index in [1.54, 1.807) is 0 Å². The Kier molecular flexibility index (Phi) is 6.77. The number of carbonyl (C=O) groups is 1. The number of nitrogens with zero attached hydrogens (tertiary/aromatic N) is 1. The molecule has 4 nitrogen and oxygen atoms in total. The first-order valence-corrected chi connectivity index (χ1v) is 11.4. The Morgan fingerprint density at radius 1 is 0.933 bits per heavy atom. The molecule has 2 N–H and O–H groups in total. The van der Waals surface area contributed by atoms with Crippen molar-refractivity contribution in [2.45, 2.75) is 25.8 Å². The van der Waals surface area contributed by atoms with Gasteiger partial charge in [-0.2, -0.15) is 0 Å². The summed E-state index contributed by atoms with van der Waals surface area (Å²) in [7, 11) is 0. The third-order valence-corrected chi connectivity index (χ3v) is 6.30. The van der Waals surface area contributed by atoms with Crippen LogP contribution in [0.15, 0.2) is 65.1 Å². The molecule has 1 aliphatic heterocycles. The maximum atomic E-state index is 12.8. The normalized spacial score (nSPS) is 14.4. The summed E-state index contributed by atoms with van der Waals surface area (Å²) in [5.74, 6) is -0.224. The molecule has 154 valence electrons. The van der Waals surface area contributed by atoms with E-state index in [4.69, 9.17) is 12.2 Å². The summed E-state index contributed by atoms with van der Waals surface area (Å²) in [5, 5.41) is 8.07. The molecule has 0 bridgehead atoms. The zero-order valence-electron chi connectivity index (χ0n) is 16.7. The van der Waals surface area contributed by atoms with Gasteiger partial charge >= 0.3 is 0 Å². The van der Waals surface area contributed by atoms with Gasteiger partial charge in [-0.05, 0) is 78.8 Å². The summed E-state index contributed by atoms with van der Waals surface area (Å²) in [6, 6.07) is 19.7. The quantitative estimate of drug-likeness (QED) is 0.468. The molecule has 1 saturated heterocycles. The third-order valence-electron chi connectivity index (χ3n) is 5.41. The van der Waals surface area contributed by atoms with Crippen LogP contribution >= 0.6 is 28.1 Å². The molecule has 3 aromatic carbocycles. The monoisotopic (exact) mass is 481 g/mol. The van der Waals surface area contributed by atoms with Gasteiger partial charge in [0.2, 0.25) is 0 Å². The number of fused-ring (bicyclic) bond motifs is 1. The summed E-state index contributed by atoms with van der Waals surface area (Å²) in [5.41, 5.74) is 2.75. The lowest BCUT2D eigenvalue weighted by atomic mass is 10.0. The summed E-state index contributed by atoms with van der Waals surface area (Å²) in [6.07, 6.45) is 3.93. The first-order valence-electron chi connectivity index (χ1n) is 10.2. The number of carbonyl (C=O) groups excluding carboxylic acids is 1. The number of piperidine rings is 1. The van der Waals surface area contributed by atoms with E-state index in [-0.39, 0.29) is 11.0 Å². The standard InChI is InChI=1S/C24H24BrN3OS/c25-22-9-5-6-19-20(22)7-4-8-21(19)23(29)27-24(30)26-18-12-10-17(11-13-18)16-28-14-2-1-3-15-28/h4-13H,1-3,14-16H2,(H2,26,27,29,30). The number of rotatable bonds is 4. The first-order chi connectivity index (χ1) is 14.6. The van der Waals surface area contributed by atoms with E-state index in [0.29, 0.717) is 5.56 Å². The topological polar surface area (TPSA) is 44.4 Å². The number of nitrogens with one attached hydrogen (secondary N) is 2. The van der Waals surface area contributed by atoms with Crippen molar-refractivity contribution < 1.29 is 4.79 Å². The van der Waals surface area contributed by atoms with E-state index < -0.39 is 0 Å². The Morgan fingerprint density at radius 2 is 1.63 bits per heavy atom. The van der Waals surface area contributed by atoms with Gasteiger partial charge in [-0.25, -0.2) is 0 Å². The molecule has 3 aromatic rings. The minimum Gasteiger partial charge on any atom is -0.332 e. The number of amides is 1. The number of halogens is 1. The van der Waals surface area contributed by atoms with E-state index in [1.165, 1.54) is 37.9 Å². The van der Waals surface area contributed by atoms with Crippen LogP contribution < -0.4 is 10.6 Å². The lowest BCUT2D eigenvalue weighted by molar-refractivity contribution is 0.0979. The molecule has 0 aromatic heterocycles. The van der Waals surface area contributed by atoms with E-state index in [1.807, 2.05) is 48.5 Å². The van der Waals surface area contributed by atoms with Gasteiger partial charge in [0.25, 0.3) is 5.91 Å². The van der Waals surface area contributed by atoms with Gasteiger partial charge in [0.1, 0.15) is 0 Å². The lowest BCUT2D eigenvalue weighted by Crippen LogP contribution is -2.34. The third kappa shape index (κ3) is 5.06. The van der Waals surface area contributed by atoms with Crippen LogP contribution in [0.2, 0.25) is 0 Å². The fourth-order valence-corrected chi connectivity index (χ4v) is 4.58. The summed E-state index contributed by atoms with van der Waals surface area (Å²) < 4.78 is 0.958. The Hall–Kier alpha value is -2.28. The number of likely N-dealkylation sites (tertiary alicyclic amines) is 1. The Morgan fingerprint density at radius 3 is 2.40 bits per heavy atom. The summed E-state index contributed by atoms with van der Waals surface area (Å²) in [4.78, 5) is 15.3. The molecule has 1 heterocycles. The smallest absolute Gasteiger partial charge is 0.258 e. The molecule has 0 radical (unpaired) electrons. The number of thiocarbonyl (C=S) groups is 1. The van der Waals surface area contributed by atoms with E-state index in [9.17, 15) is 4.79 Å². The van der Waals surface area contributed by atoms with Crippen molar-refractivity contribution in [3.05, 3.63) is 76.3 Å².